The van der Waals surface area contributed by atoms with Crippen LogP contribution in [0.3, 0.4) is 0 Å². The zero-order chi connectivity index (χ0) is 12.9. The lowest BCUT2D eigenvalue weighted by molar-refractivity contribution is -0.159. The molecule has 0 aromatic heterocycles. The summed E-state index contributed by atoms with van der Waals surface area (Å²) in [5, 5.41) is 13.0. The zero-order valence-corrected chi connectivity index (χ0v) is 10.9. The molecule has 1 saturated carbocycles. The molecular weight excluding hydrogens is 222 g/mol. The van der Waals surface area contributed by atoms with Crippen LogP contribution >= 0.6 is 0 Å². The molecule has 100 valence electrons. The van der Waals surface area contributed by atoms with Gasteiger partial charge in [0, 0.05) is 26.8 Å². The predicted molar refractivity (Wildman–Crippen MR) is 63.7 cm³/mol. The average Bonchev–Trinajstić information content (AvgIpc) is 3.05. The van der Waals surface area contributed by atoms with Gasteiger partial charge in [0.1, 0.15) is 0 Å². The van der Waals surface area contributed by atoms with Crippen molar-refractivity contribution in [2.45, 2.75) is 31.8 Å². The second-order valence-electron chi connectivity index (χ2n) is 5.11. The van der Waals surface area contributed by atoms with Gasteiger partial charge in [-0.1, -0.05) is 0 Å². The number of esters is 1. The van der Waals surface area contributed by atoms with Crippen molar-refractivity contribution in [3.8, 4) is 0 Å². The first-order valence-corrected chi connectivity index (χ1v) is 5.96. The number of hydrogen-bond acceptors (Lipinski definition) is 5. The number of nitrogens with one attached hydrogen (secondary N) is 1. The van der Waals surface area contributed by atoms with Crippen molar-refractivity contribution in [2.24, 2.45) is 5.41 Å². The van der Waals surface area contributed by atoms with Gasteiger partial charge in [0.2, 0.25) is 0 Å². The third-order valence-corrected chi connectivity index (χ3v) is 3.39. The monoisotopic (exact) mass is 245 g/mol. The molecule has 0 aromatic rings. The summed E-state index contributed by atoms with van der Waals surface area (Å²) in [6.45, 7) is 3.24. The SMILES string of the molecule is COCCC1(CNCC(C)(O)C(=O)OC)CC1. The summed E-state index contributed by atoms with van der Waals surface area (Å²) in [6.07, 6.45) is 3.39. The molecule has 1 atom stereocenters. The molecule has 0 amide bonds. The van der Waals surface area contributed by atoms with Gasteiger partial charge in [-0.2, -0.15) is 0 Å². The van der Waals surface area contributed by atoms with E-state index in [1.165, 1.54) is 26.9 Å². The highest BCUT2D eigenvalue weighted by atomic mass is 16.5. The van der Waals surface area contributed by atoms with Crippen LogP contribution in [0, 0.1) is 5.41 Å². The normalized spacial score (nSPS) is 20.7. The van der Waals surface area contributed by atoms with Gasteiger partial charge >= 0.3 is 5.97 Å². The molecular formula is C12H23NO4. The molecule has 1 aliphatic carbocycles. The summed E-state index contributed by atoms with van der Waals surface area (Å²) < 4.78 is 9.60. The van der Waals surface area contributed by atoms with Gasteiger partial charge in [0.25, 0.3) is 0 Å². The van der Waals surface area contributed by atoms with Gasteiger partial charge in [0.15, 0.2) is 5.60 Å². The van der Waals surface area contributed by atoms with Crippen molar-refractivity contribution in [3.63, 3.8) is 0 Å². The lowest BCUT2D eigenvalue weighted by Crippen LogP contribution is -2.46. The Balaban J connectivity index is 2.25. The summed E-state index contributed by atoms with van der Waals surface area (Å²) >= 11 is 0. The Labute approximate surface area is 102 Å². The number of hydrogen-bond donors (Lipinski definition) is 2. The molecule has 1 rings (SSSR count). The molecule has 5 heteroatoms. The summed E-state index contributed by atoms with van der Waals surface area (Å²) in [4.78, 5) is 11.2. The van der Waals surface area contributed by atoms with Gasteiger partial charge < -0.3 is 19.9 Å². The maximum Gasteiger partial charge on any atom is 0.338 e. The van der Waals surface area contributed by atoms with Crippen molar-refractivity contribution in [3.05, 3.63) is 0 Å². The van der Waals surface area contributed by atoms with Crippen LogP contribution in [0.25, 0.3) is 0 Å². The van der Waals surface area contributed by atoms with Crippen LogP contribution in [-0.2, 0) is 14.3 Å². The molecule has 0 radical (unpaired) electrons. The molecule has 17 heavy (non-hydrogen) atoms. The highest BCUT2D eigenvalue weighted by molar-refractivity contribution is 5.78. The third-order valence-electron chi connectivity index (χ3n) is 3.39. The van der Waals surface area contributed by atoms with Crippen LogP contribution in [0.5, 0.6) is 0 Å². The minimum atomic E-state index is -1.45. The first-order valence-electron chi connectivity index (χ1n) is 5.96. The first kappa shape index (κ1) is 14.4. The Hall–Kier alpha value is -0.650. The Kier molecular flexibility index (Phi) is 4.91. The molecule has 0 heterocycles. The fraction of sp³-hybridized carbons (Fsp3) is 0.917. The van der Waals surface area contributed by atoms with E-state index in [2.05, 4.69) is 10.1 Å². The predicted octanol–water partition coefficient (Wildman–Crippen LogP) is 0.317. The van der Waals surface area contributed by atoms with Gasteiger partial charge in [-0.25, -0.2) is 4.79 Å². The minimum absolute atomic E-state index is 0.217. The molecule has 1 aliphatic rings. The number of rotatable bonds is 8. The van der Waals surface area contributed by atoms with Crippen molar-refractivity contribution < 1.29 is 19.4 Å². The summed E-state index contributed by atoms with van der Waals surface area (Å²) in [5.74, 6) is -0.605. The highest BCUT2D eigenvalue weighted by Crippen LogP contribution is 2.48. The number of methoxy groups -OCH3 is 2. The Morgan fingerprint density at radius 2 is 2.12 bits per heavy atom. The Bertz CT molecular complexity index is 261. The Morgan fingerprint density at radius 3 is 2.59 bits per heavy atom. The lowest BCUT2D eigenvalue weighted by Gasteiger charge is -2.23. The van der Waals surface area contributed by atoms with Crippen LogP contribution in [0.15, 0.2) is 0 Å². The van der Waals surface area contributed by atoms with Crippen molar-refractivity contribution in [1.29, 1.82) is 0 Å². The lowest BCUT2D eigenvalue weighted by atomic mass is 10.0. The number of carbonyl (C=O) groups excluding carboxylic acids is 1. The van der Waals surface area contributed by atoms with Crippen molar-refractivity contribution >= 4 is 5.97 Å². The molecule has 0 aliphatic heterocycles. The molecule has 0 aromatic carbocycles. The molecule has 0 saturated heterocycles. The van der Waals surface area contributed by atoms with Crippen LogP contribution in [0.1, 0.15) is 26.2 Å². The van der Waals surface area contributed by atoms with Gasteiger partial charge in [-0.3, -0.25) is 0 Å². The molecule has 1 unspecified atom stereocenters. The van der Waals surface area contributed by atoms with Crippen LogP contribution in [0.4, 0.5) is 0 Å². The highest BCUT2D eigenvalue weighted by Gasteiger charge is 2.42. The average molecular weight is 245 g/mol. The van der Waals surface area contributed by atoms with E-state index in [0.717, 1.165) is 19.6 Å². The number of ether oxygens (including phenoxy) is 2. The third kappa shape index (κ3) is 4.26. The molecule has 2 N–H and O–H groups in total. The number of aliphatic hydroxyl groups is 1. The quantitative estimate of drug-likeness (QED) is 0.603. The largest absolute Gasteiger partial charge is 0.467 e. The summed E-state index contributed by atoms with van der Waals surface area (Å²) in [7, 11) is 2.98. The second-order valence-corrected chi connectivity index (χ2v) is 5.11. The maximum atomic E-state index is 11.2. The summed E-state index contributed by atoms with van der Waals surface area (Å²) in [5.41, 5.74) is -1.14. The van der Waals surface area contributed by atoms with E-state index < -0.39 is 11.6 Å². The zero-order valence-electron chi connectivity index (χ0n) is 10.9. The molecule has 0 spiro atoms. The van der Waals surface area contributed by atoms with E-state index in [4.69, 9.17) is 4.74 Å². The minimum Gasteiger partial charge on any atom is -0.467 e. The molecule has 5 nitrogen and oxygen atoms in total. The smallest absolute Gasteiger partial charge is 0.338 e. The summed E-state index contributed by atoms with van der Waals surface area (Å²) in [6, 6.07) is 0. The van der Waals surface area contributed by atoms with Crippen molar-refractivity contribution in [2.75, 3.05) is 33.9 Å². The van der Waals surface area contributed by atoms with E-state index in [-0.39, 0.29) is 6.54 Å². The van der Waals surface area contributed by atoms with Crippen molar-refractivity contribution in [1.82, 2.24) is 5.32 Å². The van der Waals surface area contributed by atoms with Gasteiger partial charge in [-0.05, 0) is 31.6 Å². The molecule has 1 fully saturated rings. The molecule has 0 bridgehead atoms. The van der Waals surface area contributed by atoms with Crippen LogP contribution in [0.2, 0.25) is 0 Å². The van der Waals surface area contributed by atoms with E-state index in [1.54, 1.807) is 7.11 Å². The van der Waals surface area contributed by atoms with Gasteiger partial charge in [-0.15, -0.1) is 0 Å². The van der Waals surface area contributed by atoms with E-state index >= 15 is 0 Å². The van der Waals surface area contributed by atoms with Crippen LogP contribution in [-0.4, -0.2) is 50.6 Å². The van der Waals surface area contributed by atoms with E-state index in [1.807, 2.05) is 0 Å². The van der Waals surface area contributed by atoms with Crippen LogP contribution < -0.4 is 5.32 Å². The second kappa shape index (κ2) is 5.80. The van der Waals surface area contributed by atoms with E-state index in [9.17, 15) is 9.90 Å². The Morgan fingerprint density at radius 1 is 1.47 bits per heavy atom. The van der Waals surface area contributed by atoms with Gasteiger partial charge in [0.05, 0.1) is 7.11 Å². The fourth-order valence-corrected chi connectivity index (χ4v) is 1.87. The first-order chi connectivity index (χ1) is 7.96. The fourth-order valence-electron chi connectivity index (χ4n) is 1.87. The number of carbonyl (C=O) groups is 1. The maximum absolute atomic E-state index is 11.2. The van der Waals surface area contributed by atoms with E-state index in [0.29, 0.717) is 5.41 Å². The topological polar surface area (TPSA) is 67.8 Å². The standard InChI is InChI=1S/C12H23NO4/c1-11(15,10(14)17-3)8-13-9-12(4-5-12)6-7-16-2/h13,15H,4-9H2,1-3H3.